The van der Waals surface area contributed by atoms with E-state index in [1.165, 1.54) is 49.2 Å². The number of fused-ring (bicyclic) bond motifs is 1. The molecule has 2 aliphatic heterocycles. The first-order valence-corrected chi connectivity index (χ1v) is 12.5. The molecule has 0 bridgehead atoms. The smallest absolute Gasteiger partial charge is 0.191 e. The second-order valence-electron chi connectivity index (χ2n) is 9.12. The van der Waals surface area contributed by atoms with Crippen molar-refractivity contribution in [3.8, 4) is 0 Å². The van der Waals surface area contributed by atoms with Crippen molar-refractivity contribution >= 4 is 11.6 Å². The average Bonchev–Trinajstić information content (AvgIpc) is 3.03. The Morgan fingerprint density at radius 2 is 1.97 bits per heavy atom. The average molecular weight is 438 g/mol. The summed E-state index contributed by atoms with van der Waals surface area (Å²) >= 11 is 0. The van der Waals surface area contributed by atoms with Crippen molar-refractivity contribution in [2.75, 3.05) is 31.1 Å². The minimum Gasteiger partial charge on any atom is -0.369 e. The number of benzene rings is 1. The summed E-state index contributed by atoms with van der Waals surface area (Å²) in [6.07, 6.45) is 9.17. The second kappa shape index (κ2) is 11.3. The maximum atomic E-state index is 4.87. The van der Waals surface area contributed by atoms with E-state index >= 15 is 0 Å². The van der Waals surface area contributed by atoms with Crippen LogP contribution in [0.15, 0.2) is 29.3 Å². The molecule has 2 N–H and O–H groups in total. The van der Waals surface area contributed by atoms with Crippen LogP contribution in [0.3, 0.4) is 0 Å². The van der Waals surface area contributed by atoms with E-state index in [9.17, 15) is 0 Å². The highest BCUT2D eigenvalue weighted by Gasteiger charge is 2.21. The minimum absolute atomic E-state index is 0.412. The fraction of sp³-hybridized carbons (Fsp3) is 0.640. The number of rotatable bonds is 7. The van der Waals surface area contributed by atoms with E-state index in [1.54, 1.807) is 0 Å². The van der Waals surface area contributed by atoms with Crippen LogP contribution in [-0.2, 0) is 19.4 Å². The van der Waals surface area contributed by atoms with Crippen LogP contribution in [0.25, 0.3) is 0 Å². The van der Waals surface area contributed by atoms with Gasteiger partial charge in [0.2, 0.25) is 0 Å². The summed E-state index contributed by atoms with van der Waals surface area (Å²) in [5.41, 5.74) is 2.63. The number of piperidine rings is 1. The van der Waals surface area contributed by atoms with Crippen molar-refractivity contribution in [1.82, 2.24) is 25.4 Å². The summed E-state index contributed by atoms with van der Waals surface area (Å²) in [7, 11) is 0. The van der Waals surface area contributed by atoms with Crippen molar-refractivity contribution in [3.05, 3.63) is 41.5 Å². The lowest BCUT2D eigenvalue weighted by atomic mass is 10.0. The van der Waals surface area contributed by atoms with Gasteiger partial charge in [0.1, 0.15) is 11.6 Å². The number of anilines is 1. The molecule has 1 saturated heterocycles. The van der Waals surface area contributed by atoms with E-state index in [0.717, 1.165) is 63.8 Å². The fourth-order valence-electron chi connectivity index (χ4n) is 4.76. The van der Waals surface area contributed by atoms with E-state index in [2.05, 4.69) is 68.4 Å². The van der Waals surface area contributed by atoms with Crippen LogP contribution in [0.5, 0.6) is 0 Å². The predicted molar refractivity (Wildman–Crippen MR) is 131 cm³/mol. The predicted octanol–water partition coefficient (Wildman–Crippen LogP) is 3.47. The quantitative estimate of drug-likeness (QED) is 0.394. The maximum absolute atomic E-state index is 4.87. The Morgan fingerprint density at radius 1 is 1.09 bits per heavy atom. The summed E-state index contributed by atoms with van der Waals surface area (Å²) in [5, 5.41) is 16.0. The zero-order chi connectivity index (χ0) is 22.2. The number of aliphatic imine (C=N–C) groups is 1. The Bertz CT molecular complexity index is 871. The monoisotopic (exact) mass is 437 g/mol. The van der Waals surface area contributed by atoms with Crippen LogP contribution < -0.4 is 15.5 Å². The number of aromatic nitrogens is 3. The molecule has 4 rings (SSSR count). The van der Waals surface area contributed by atoms with Gasteiger partial charge in [-0.25, -0.2) is 0 Å². The number of guanidine groups is 1. The van der Waals surface area contributed by atoms with E-state index < -0.39 is 0 Å². The van der Waals surface area contributed by atoms with Crippen LogP contribution in [0.4, 0.5) is 5.69 Å². The number of hydrogen-bond donors (Lipinski definition) is 2. The molecule has 32 heavy (non-hydrogen) atoms. The molecule has 7 nitrogen and oxygen atoms in total. The molecule has 2 aliphatic rings. The highest BCUT2D eigenvalue weighted by Crippen LogP contribution is 2.20. The summed E-state index contributed by atoms with van der Waals surface area (Å²) < 4.78 is 2.35. The van der Waals surface area contributed by atoms with E-state index in [-0.39, 0.29) is 0 Å². The topological polar surface area (TPSA) is 70.4 Å². The van der Waals surface area contributed by atoms with Gasteiger partial charge in [0.15, 0.2) is 5.96 Å². The van der Waals surface area contributed by atoms with E-state index in [0.29, 0.717) is 6.04 Å². The third kappa shape index (κ3) is 6.02. The number of hydrogen-bond acceptors (Lipinski definition) is 4. The summed E-state index contributed by atoms with van der Waals surface area (Å²) in [6.45, 7) is 9.15. The lowest BCUT2D eigenvalue weighted by Gasteiger charge is -2.35. The Balaban J connectivity index is 1.29. The van der Waals surface area contributed by atoms with Crippen molar-refractivity contribution in [3.63, 3.8) is 0 Å². The molecule has 0 radical (unpaired) electrons. The fourth-order valence-corrected chi connectivity index (χ4v) is 4.76. The van der Waals surface area contributed by atoms with Crippen LogP contribution in [0, 0.1) is 6.92 Å². The van der Waals surface area contributed by atoms with E-state index in [1.807, 2.05) is 0 Å². The number of nitrogens with zero attached hydrogens (tertiary/aromatic N) is 5. The van der Waals surface area contributed by atoms with Crippen LogP contribution in [0.1, 0.15) is 62.7 Å². The van der Waals surface area contributed by atoms with Crippen molar-refractivity contribution in [2.24, 2.45) is 4.99 Å². The Kier molecular flexibility index (Phi) is 8.02. The molecule has 3 heterocycles. The first-order valence-electron chi connectivity index (χ1n) is 12.5. The number of aryl methyl sites for hydroxylation is 3. The van der Waals surface area contributed by atoms with Crippen molar-refractivity contribution in [2.45, 2.75) is 77.8 Å². The normalized spacial score (nSPS) is 19.4. The second-order valence-corrected chi connectivity index (χ2v) is 9.12. The van der Waals surface area contributed by atoms with Gasteiger partial charge >= 0.3 is 0 Å². The molecule has 174 valence electrons. The molecule has 1 unspecified atom stereocenters. The molecule has 1 aromatic heterocycles. The van der Waals surface area contributed by atoms with Gasteiger partial charge in [0.25, 0.3) is 0 Å². The van der Waals surface area contributed by atoms with Crippen LogP contribution >= 0.6 is 0 Å². The first kappa shape index (κ1) is 22.6. The molecule has 1 fully saturated rings. The number of nitrogens with one attached hydrogen (secondary N) is 2. The molecule has 0 saturated carbocycles. The summed E-state index contributed by atoms with van der Waals surface area (Å²) in [5.74, 6) is 3.24. The molecule has 2 aromatic rings. The molecule has 0 amide bonds. The Labute approximate surface area is 192 Å². The Morgan fingerprint density at radius 3 is 2.81 bits per heavy atom. The Hall–Kier alpha value is -2.57. The molecular formula is C25H39N7. The zero-order valence-electron chi connectivity index (χ0n) is 19.8. The molecular weight excluding hydrogens is 398 g/mol. The third-order valence-electron chi connectivity index (χ3n) is 6.52. The maximum Gasteiger partial charge on any atom is 0.191 e. The highest BCUT2D eigenvalue weighted by atomic mass is 15.3. The van der Waals surface area contributed by atoms with Gasteiger partial charge in [-0.05, 0) is 58.1 Å². The van der Waals surface area contributed by atoms with Gasteiger partial charge < -0.3 is 20.1 Å². The first-order chi connectivity index (χ1) is 15.7. The highest BCUT2D eigenvalue weighted by molar-refractivity contribution is 5.80. The molecule has 7 heteroatoms. The van der Waals surface area contributed by atoms with Gasteiger partial charge in [-0.2, -0.15) is 0 Å². The van der Waals surface area contributed by atoms with Gasteiger partial charge in [0.05, 0.1) is 0 Å². The molecule has 0 aliphatic carbocycles. The molecule has 1 atom stereocenters. The van der Waals surface area contributed by atoms with Gasteiger partial charge in [-0.15, -0.1) is 10.2 Å². The lowest BCUT2D eigenvalue weighted by Crippen LogP contribution is -2.51. The summed E-state index contributed by atoms with van der Waals surface area (Å²) in [4.78, 5) is 7.35. The van der Waals surface area contributed by atoms with Crippen molar-refractivity contribution in [1.29, 1.82) is 0 Å². The van der Waals surface area contributed by atoms with Crippen molar-refractivity contribution < 1.29 is 0 Å². The molecule has 1 aromatic carbocycles. The largest absolute Gasteiger partial charge is 0.369 e. The van der Waals surface area contributed by atoms with Gasteiger partial charge in [-0.1, -0.05) is 24.1 Å². The molecule has 0 spiro atoms. The minimum atomic E-state index is 0.412. The standard InChI is InChI=1S/C25H39N7/c1-3-26-25(27-16-7-11-24-30-29-23-10-5-4-6-18-32(23)24)28-21-9-8-17-31(19-21)22-14-12-20(2)13-15-22/h12-15,21H,3-11,16-19H2,1-2H3,(H2,26,27,28). The lowest BCUT2D eigenvalue weighted by molar-refractivity contribution is 0.468. The zero-order valence-corrected chi connectivity index (χ0v) is 19.8. The van der Waals surface area contributed by atoms with Crippen LogP contribution in [-0.4, -0.2) is 52.9 Å². The summed E-state index contributed by atoms with van der Waals surface area (Å²) in [6, 6.07) is 9.29. The van der Waals surface area contributed by atoms with Gasteiger partial charge in [-0.3, -0.25) is 4.99 Å². The van der Waals surface area contributed by atoms with Gasteiger partial charge in [0, 0.05) is 57.3 Å². The van der Waals surface area contributed by atoms with Crippen LogP contribution in [0.2, 0.25) is 0 Å². The SMILES string of the molecule is CCNC(=NCCCc1nnc2n1CCCCC2)NC1CCCN(c2ccc(C)cc2)C1. The van der Waals surface area contributed by atoms with E-state index in [4.69, 9.17) is 4.99 Å². The third-order valence-corrected chi connectivity index (χ3v) is 6.52.